The Morgan fingerprint density at radius 1 is 1.25 bits per heavy atom. The van der Waals surface area contributed by atoms with Crippen LogP contribution in [0.25, 0.3) is 0 Å². The lowest BCUT2D eigenvalue weighted by Crippen LogP contribution is -2.45. The molecule has 0 amide bonds. The standard InChI is InChI=1S/C16H21FN6O/c1-22-10(9-5-7-20-15(18)13(9)17)3-4-12(24)14(22)11-6-8-21-16(19)23(11)2/h3-8,10,15-16,20,24H,18-19H2,1-2H3. The van der Waals surface area contributed by atoms with Crippen molar-refractivity contribution in [1.82, 2.24) is 15.1 Å². The van der Waals surface area contributed by atoms with Gasteiger partial charge in [0.2, 0.25) is 0 Å². The third kappa shape index (κ3) is 2.59. The molecule has 3 unspecified atom stereocenters. The number of hydrogen-bond donors (Lipinski definition) is 4. The van der Waals surface area contributed by atoms with Gasteiger partial charge in [0.15, 0.2) is 6.29 Å². The first kappa shape index (κ1) is 16.3. The maximum absolute atomic E-state index is 14.4. The van der Waals surface area contributed by atoms with Crippen molar-refractivity contribution in [2.45, 2.75) is 18.5 Å². The van der Waals surface area contributed by atoms with E-state index < -0.39 is 24.3 Å². The van der Waals surface area contributed by atoms with Gasteiger partial charge in [-0.3, -0.25) is 10.7 Å². The van der Waals surface area contributed by atoms with E-state index in [9.17, 15) is 9.50 Å². The van der Waals surface area contributed by atoms with Crippen LogP contribution in [0.15, 0.2) is 64.0 Å². The summed E-state index contributed by atoms with van der Waals surface area (Å²) >= 11 is 0. The van der Waals surface area contributed by atoms with Gasteiger partial charge >= 0.3 is 0 Å². The smallest absolute Gasteiger partial charge is 0.173 e. The molecule has 0 saturated carbocycles. The maximum Gasteiger partial charge on any atom is 0.173 e. The number of dihydropyridines is 1. The molecule has 3 atom stereocenters. The maximum atomic E-state index is 14.4. The van der Waals surface area contributed by atoms with Crippen molar-refractivity contribution in [2.75, 3.05) is 14.1 Å². The minimum Gasteiger partial charge on any atom is -0.506 e. The molecule has 0 aromatic heterocycles. The molecule has 3 heterocycles. The highest BCUT2D eigenvalue weighted by molar-refractivity contribution is 5.75. The van der Waals surface area contributed by atoms with E-state index in [0.717, 1.165) is 0 Å². The quantitative estimate of drug-likeness (QED) is 0.583. The van der Waals surface area contributed by atoms with E-state index in [2.05, 4.69) is 10.3 Å². The average molecular weight is 332 g/mol. The fourth-order valence-corrected chi connectivity index (χ4v) is 2.96. The van der Waals surface area contributed by atoms with Gasteiger partial charge < -0.3 is 26.0 Å². The van der Waals surface area contributed by atoms with Crippen LogP contribution in [-0.4, -0.2) is 53.7 Å². The Labute approximate surface area is 139 Å². The zero-order valence-electron chi connectivity index (χ0n) is 13.5. The van der Waals surface area contributed by atoms with Crippen molar-refractivity contribution in [1.29, 1.82) is 0 Å². The number of rotatable bonds is 2. The Morgan fingerprint density at radius 2 is 2.00 bits per heavy atom. The Balaban J connectivity index is 1.99. The monoisotopic (exact) mass is 332 g/mol. The molecular formula is C16H21FN6O. The first-order valence-corrected chi connectivity index (χ1v) is 7.56. The van der Waals surface area contributed by atoms with Gasteiger partial charge in [-0.1, -0.05) is 6.08 Å². The van der Waals surface area contributed by atoms with Crippen LogP contribution in [0.1, 0.15) is 0 Å². The Kier molecular flexibility index (Phi) is 4.16. The van der Waals surface area contributed by atoms with Crippen molar-refractivity contribution >= 4 is 6.21 Å². The number of allylic oxidation sites excluding steroid dienone is 2. The molecule has 3 aliphatic rings. The number of nitrogens with one attached hydrogen (secondary N) is 1. The molecule has 128 valence electrons. The van der Waals surface area contributed by atoms with Crippen molar-refractivity contribution < 1.29 is 9.50 Å². The van der Waals surface area contributed by atoms with Crippen LogP contribution < -0.4 is 16.8 Å². The van der Waals surface area contributed by atoms with E-state index in [4.69, 9.17) is 11.5 Å². The number of nitrogens with two attached hydrogens (primary N) is 2. The van der Waals surface area contributed by atoms with Crippen LogP contribution in [0.3, 0.4) is 0 Å². The normalized spacial score (nSPS) is 30.0. The lowest BCUT2D eigenvalue weighted by atomic mass is 9.97. The third-order valence-corrected chi connectivity index (χ3v) is 4.35. The van der Waals surface area contributed by atoms with Crippen molar-refractivity contribution in [3.05, 3.63) is 59.1 Å². The molecule has 0 aliphatic carbocycles. The van der Waals surface area contributed by atoms with E-state index in [1.807, 2.05) is 0 Å². The van der Waals surface area contributed by atoms with Gasteiger partial charge in [-0.05, 0) is 24.4 Å². The van der Waals surface area contributed by atoms with Gasteiger partial charge in [0.25, 0.3) is 0 Å². The number of aliphatic hydroxyl groups excluding tert-OH is 1. The third-order valence-electron chi connectivity index (χ3n) is 4.35. The minimum atomic E-state index is -0.869. The second-order valence-electron chi connectivity index (χ2n) is 5.80. The van der Waals surface area contributed by atoms with Crippen molar-refractivity contribution in [2.24, 2.45) is 16.5 Å². The zero-order valence-corrected chi connectivity index (χ0v) is 13.5. The largest absolute Gasteiger partial charge is 0.506 e. The van der Waals surface area contributed by atoms with Gasteiger partial charge in [-0.15, -0.1) is 0 Å². The number of aliphatic hydroxyl groups is 1. The van der Waals surface area contributed by atoms with Crippen molar-refractivity contribution in [3.8, 4) is 0 Å². The number of hydrogen-bond acceptors (Lipinski definition) is 7. The van der Waals surface area contributed by atoms with Crippen LogP contribution in [0.4, 0.5) is 4.39 Å². The summed E-state index contributed by atoms with van der Waals surface area (Å²) in [5.74, 6) is -0.346. The summed E-state index contributed by atoms with van der Waals surface area (Å²) in [6.45, 7) is 0. The lowest BCUT2D eigenvalue weighted by Gasteiger charge is -2.39. The van der Waals surface area contributed by atoms with E-state index in [0.29, 0.717) is 17.0 Å². The predicted molar refractivity (Wildman–Crippen MR) is 91.0 cm³/mol. The lowest BCUT2D eigenvalue weighted by molar-refractivity contribution is 0.270. The van der Waals surface area contributed by atoms with Crippen molar-refractivity contribution in [3.63, 3.8) is 0 Å². The summed E-state index contributed by atoms with van der Waals surface area (Å²) in [7, 11) is 3.57. The van der Waals surface area contributed by atoms with Crippen LogP contribution in [0.5, 0.6) is 0 Å². The van der Waals surface area contributed by atoms with Crippen LogP contribution in [0.2, 0.25) is 0 Å². The summed E-state index contributed by atoms with van der Waals surface area (Å²) < 4.78 is 14.4. The fraction of sp³-hybridized carbons (Fsp3) is 0.312. The fourth-order valence-electron chi connectivity index (χ4n) is 2.96. The molecular weight excluding hydrogens is 311 g/mol. The molecule has 0 bridgehead atoms. The molecule has 7 nitrogen and oxygen atoms in total. The van der Waals surface area contributed by atoms with E-state index in [-0.39, 0.29) is 5.76 Å². The Bertz CT molecular complexity index is 720. The van der Waals surface area contributed by atoms with E-state index in [1.165, 1.54) is 0 Å². The first-order valence-electron chi connectivity index (χ1n) is 7.56. The molecule has 8 heteroatoms. The van der Waals surface area contributed by atoms with Gasteiger partial charge in [-0.2, -0.15) is 0 Å². The first-order chi connectivity index (χ1) is 11.4. The van der Waals surface area contributed by atoms with Crippen LogP contribution >= 0.6 is 0 Å². The second kappa shape index (κ2) is 6.14. The summed E-state index contributed by atoms with van der Waals surface area (Å²) in [6.07, 6.45) is 8.52. The van der Waals surface area contributed by atoms with Gasteiger partial charge in [0.05, 0.1) is 11.7 Å². The topological polar surface area (TPSA) is 103 Å². The molecule has 24 heavy (non-hydrogen) atoms. The zero-order chi connectivity index (χ0) is 17.4. The van der Waals surface area contributed by atoms with Gasteiger partial charge in [0.1, 0.15) is 23.4 Å². The number of likely N-dealkylation sites (N-methyl/N-ethyl adjacent to an activating group) is 2. The van der Waals surface area contributed by atoms with E-state index in [1.54, 1.807) is 60.6 Å². The number of nitrogens with zero attached hydrogens (tertiary/aromatic N) is 3. The molecule has 0 spiro atoms. The molecule has 0 aromatic carbocycles. The summed E-state index contributed by atoms with van der Waals surface area (Å²) in [5, 5.41) is 13.1. The highest BCUT2D eigenvalue weighted by Gasteiger charge is 2.32. The molecule has 6 N–H and O–H groups in total. The van der Waals surface area contributed by atoms with Crippen LogP contribution in [-0.2, 0) is 0 Å². The van der Waals surface area contributed by atoms with Gasteiger partial charge in [0, 0.05) is 25.9 Å². The minimum absolute atomic E-state index is 0.0811. The summed E-state index contributed by atoms with van der Waals surface area (Å²) in [5.41, 5.74) is 13.3. The van der Waals surface area contributed by atoms with Crippen LogP contribution in [0, 0.1) is 0 Å². The van der Waals surface area contributed by atoms with Gasteiger partial charge in [-0.25, -0.2) is 4.39 Å². The Morgan fingerprint density at radius 3 is 2.75 bits per heavy atom. The summed E-state index contributed by atoms with van der Waals surface area (Å²) in [4.78, 5) is 7.63. The number of aliphatic imine (C=N–C) groups is 1. The predicted octanol–water partition coefficient (Wildman–Crippen LogP) is 0.394. The number of halogens is 1. The highest BCUT2D eigenvalue weighted by atomic mass is 19.1. The second-order valence-corrected chi connectivity index (χ2v) is 5.80. The molecule has 0 aromatic rings. The molecule has 3 rings (SSSR count). The molecule has 0 saturated heterocycles. The molecule has 0 fully saturated rings. The Hall–Kier alpha value is -2.58. The molecule has 3 aliphatic heterocycles. The van der Waals surface area contributed by atoms with E-state index >= 15 is 0 Å². The molecule has 0 radical (unpaired) electrons. The average Bonchev–Trinajstić information content (AvgIpc) is 2.55. The summed E-state index contributed by atoms with van der Waals surface area (Å²) in [6, 6.07) is -0.398. The highest BCUT2D eigenvalue weighted by Crippen LogP contribution is 2.32. The SMILES string of the molecule is CN1C(C2=C(O)C=CC(C3=C(F)C(N)NC=C3)N2C)=CC=NC1N.